The standard InChI is InChI=1S/C42H26N2S/c1-3-13-27(14-4-1)29-17-11-18-30(25-29)39-34-21-9-10-24-38(34)43-42(44-39)35-23-12-22-33-37-26-36(28-15-5-2-6-16-28)31-19-7-8-20-32(31)41(37)45-40(33)35/h1-26H. The van der Waals surface area contributed by atoms with E-state index < -0.39 is 0 Å². The molecule has 0 N–H and O–H groups in total. The Kier molecular flexibility index (Phi) is 6.03. The lowest BCUT2D eigenvalue weighted by Gasteiger charge is -2.11. The third-order valence-corrected chi connectivity index (χ3v) is 9.96. The number of rotatable bonds is 4. The number of para-hydroxylation sites is 1. The molecule has 0 saturated carbocycles. The van der Waals surface area contributed by atoms with E-state index in [0.717, 1.165) is 33.5 Å². The van der Waals surface area contributed by atoms with Gasteiger partial charge in [0, 0.05) is 42.1 Å². The fourth-order valence-electron chi connectivity index (χ4n) is 6.55. The molecule has 2 aromatic heterocycles. The Bertz CT molecular complexity index is 2530. The Morgan fingerprint density at radius 3 is 1.78 bits per heavy atom. The Hall–Kier alpha value is -5.64. The molecule has 0 unspecified atom stereocenters. The lowest BCUT2D eigenvalue weighted by Crippen LogP contribution is -1.95. The minimum absolute atomic E-state index is 0.749. The molecule has 7 aromatic carbocycles. The van der Waals surface area contributed by atoms with Crippen molar-refractivity contribution in [3.05, 3.63) is 158 Å². The van der Waals surface area contributed by atoms with Crippen molar-refractivity contribution in [2.75, 3.05) is 0 Å². The Balaban J connectivity index is 1.29. The van der Waals surface area contributed by atoms with E-state index in [9.17, 15) is 0 Å². The zero-order valence-electron chi connectivity index (χ0n) is 24.3. The van der Waals surface area contributed by atoms with Gasteiger partial charge in [0.2, 0.25) is 0 Å². The minimum Gasteiger partial charge on any atom is -0.228 e. The SMILES string of the molecule is c1ccc(-c2cccc(-c3nc(-c4cccc5c4sc4c6ccccc6c(-c6ccccc6)cc54)nc4ccccc34)c2)cc1. The zero-order valence-corrected chi connectivity index (χ0v) is 25.1. The molecular weight excluding hydrogens is 565 g/mol. The summed E-state index contributed by atoms with van der Waals surface area (Å²) in [4.78, 5) is 10.5. The summed E-state index contributed by atoms with van der Waals surface area (Å²) in [6.45, 7) is 0. The van der Waals surface area contributed by atoms with Crippen LogP contribution in [0.2, 0.25) is 0 Å². The second-order valence-corrected chi connectivity index (χ2v) is 12.4. The van der Waals surface area contributed by atoms with E-state index in [0.29, 0.717) is 0 Å². The summed E-state index contributed by atoms with van der Waals surface area (Å²) in [6, 6.07) is 55.9. The molecule has 9 rings (SSSR count). The van der Waals surface area contributed by atoms with Gasteiger partial charge in [0.05, 0.1) is 11.2 Å². The van der Waals surface area contributed by atoms with Crippen LogP contribution in [0.4, 0.5) is 0 Å². The topological polar surface area (TPSA) is 25.8 Å². The molecule has 2 nitrogen and oxygen atoms in total. The molecule has 0 radical (unpaired) electrons. The lowest BCUT2D eigenvalue weighted by atomic mass is 9.95. The zero-order chi connectivity index (χ0) is 29.7. The fraction of sp³-hybridized carbons (Fsp3) is 0. The molecule has 0 spiro atoms. The maximum atomic E-state index is 5.32. The lowest BCUT2D eigenvalue weighted by molar-refractivity contribution is 1.24. The Labute approximate surface area is 264 Å². The molecule has 0 saturated heterocycles. The second kappa shape index (κ2) is 10.5. The number of nitrogens with zero attached hydrogens (tertiary/aromatic N) is 2. The van der Waals surface area contributed by atoms with Crippen LogP contribution in [0.1, 0.15) is 0 Å². The molecule has 0 aliphatic heterocycles. The van der Waals surface area contributed by atoms with Crippen LogP contribution in [0.25, 0.3) is 86.7 Å². The average molecular weight is 591 g/mol. The smallest absolute Gasteiger partial charge is 0.161 e. The van der Waals surface area contributed by atoms with Gasteiger partial charge in [0.15, 0.2) is 5.82 Å². The first-order valence-corrected chi connectivity index (χ1v) is 16.0. The summed E-state index contributed by atoms with van der Waals surface area (Å²) in [5.41, 5.74) is 8.88. The highest BCUT2D eigenvalue weighted by molar-refractivity contribution is 7.27. The summed E-state index contributed by atoms with van der Waals surface area (Å²) in [7, 11) is 0. The first-order valence-electron chi connectivity index (χ1n) is 15.2. The highest BCUT2D eigenvalue weighted by Crippen LogP contribution is 2.45. The highest BCUT2D eigenvalue weighted by atomic mass is 32.1. The summed E-state index contributed by atoms with van der Waals surface area (Å²) >= 11 is 1.84. The van der Waals surface area contributed by atoms with Crippen molar-refractivity contribution in [1.29, 1.82) is 0 Å². The second-order valence-electron chi connectivity index (χ2n) is 11.4. The quantitative estimate of drug-likeness (QED) is 0.204. The number of hydrogen-bond acceptors (Lipinski definition) is 3. The maximum Gasteiger partial charge on any atom is 0.161 e. The fourth-order valence-corrected chi connectivity index (χ4v) is 7.87. The molecule has 210 valence electrons. The number of thiophene rings is 1. The van der Waals surface area contributed by atoms with Crippen molar-refractivity contribution in [3.8, 4) is 44.9 Å². The van der Waals surface area contributed by atoms with Crippen LogP contribution < -0.4 is 0 Å². The van der Waals surface area contributed by atoms with Gasteiger partial charge < -0.3 is 0 Å². The molecule has 0 amide bonds. The Morgan fingerprint density at radius 2 is 0.956 bits per heavy atom. The van der Waals surface area contributed by atoms with Crippen molar-refractivity contribution < 1.29 is 0 Å². The number of fused-ring (bicyclic) bond motifs is 6. The molecule has 0 bridgehead atoms. The molecule has 45 heavy (non-hydrogen) atoms. The Morgan fingerprint density at radius 1 is 0.356 bits per heavy atom. The van der Waals surface area contributed by atoms with Crippen molar-refractivity contribution in [2.24, 2.45) is 0 Å². The van der Waals surface area contributed by atoms with E-state index >= 15 is 0 Å². The normalized spacial score (nSPS) is 11.6. The van der Waals surface area contributed by atoms with Gasteiger partial charge in [0.1, 0.15) is 0 Å². The van der Waals surface area contributed by atoms with Gasteiger partial charge >= 0.3 is 0 Å². The van der Waals surface area contributed by atoms with Crippen molar-refractivity contribution in [3.63, 3.8) is 0 Å². The van der Waals surface area contributed by atoms with Crippen LogP contribution >= 0.6 is 11.3 Å². The summed E-state index contributed by atoms with van der Waals surface area (Å²) in [5.74, 6) is 0.749. The molecule has 2 heterocycles. The minimum atomic E-state index is 0.749. The predicted octanol–water partition coefficient (Wildman–Crippen LogP) is 11.8. The van der Waals surface area contributed by atoms with Gasteiger partial charge in [-0.15, -0.1) is 11.3 Å². The third-order valence-electron chi connectivity index (χ3n) is 8.68. The van der Waals surface area contributed by atoms with Gasteiger partial charge in [0.25, 0.3) is 0 Å². The molecular formula is C42H26N2S. The largest absolute Gasteiger partial charge is 0.228 e. The van der Waals surface area contributed by atoms with Crippen molar-refractivity contribution in [1.82, 2.24) is 9.97 Å². The maximum absolute atomic E-state index is 5.32. The molecule has 0 fully saturated rings. The van der Waals surface area contributed by atoms with Crippen LogP contribution in [0, 0.1) is 0 Å². The summed E-state index contributed by atoms with van der Waals surface area (Å²) in [6.07, 6.45) is 0. The van der Waals surface area contributed by atoms with E-state index in [1.807, 2.05) is 11.3 Å². The predicted molar refractivity (Wildman–Crippen MR) is 192 cm³/mol. The third kappa shape index (κ3) is 4.32. The molecule has 3 heteroatoms. The van der Waals surface area contributed by atoms with Crippen LogP contribution in [-0.4, -0.2) is 9.97 Å². The van der Waals surface area contributed by atoms with E-state index in [4.69, 9.17) is 9.97 Å². The van der Waals surface area contributed by atoms with E-state index in [1.165, 1.54) is 53.2 Å². The molecule has 9 aromatic rings. The molecule has 0 aliphatic rings. The van der Waals surface area contributed by atoms with Gasteiger partial charge in [-0.1, -0.05) is 133 Å². The van der Waals surface area contributed by atoms with Gasteiger partial charge in [-0.3, -0.25) is 0 Å². The first kappa shape index (κ1) is 25.8. The summed E-state index contributed by atoms with van der Waals surface area (Å²) < 4.78 is 2.51. The number of hydrogen-bond donors (Lipinski definition) is 0. The van der Waals surface area contributed by atoms with Crippen LogP contribution in [0.5, 0.6) is 0 Å². The van der Waals surface area contributed by atoms with E-state index in [1.54, 1.807) is 0 Å². The van der Waals surface area contributed by atoms with Crippen LogP contribution in [0.15, 0.2) is 158 Å². The van der Waals surface area contributed by atoms with Crippen LogP contribution in [0.3, 0.4) is 0 Å². The monoisotopic (exact) mass is 590 g/mol. The van der Waals surface area contributed by atoms with Crippen molar-refractivity contribution >= 4 is 53.2 Å². The average Bonchev–Trinajstić information content (AvgIpc) is 3.51. The first-order chi connectivity index (χ1) is 22.3. The number of aromatic nitrogens is 2. The highest BCUT2D eigenvalue weighted by Gasteiger charge is 2.18. The van der Waals surface area contributed by atoms with Crippen molar-refractivity contribution in [2.45, 2.75) is 0 Å². The molecule has 0 atom stereocenters. The van der Waals surface area contributed by atoms with Gasteiger partial charge in [-0.25, -0.2) is 9.97 Å². The number of benzene rings is 7. The van der Waals surface area contributed by atoms with Gasteiger partial charge in [-0.05, 0) is 51.9 Å². The van der Waals surface area contributed by atoms with Gasteiger partial charge in [-0.2, -0.15) is 0 Å². The van der Waals surface area contributed by atoms with E-state index in [-0.39, 0.29) is 0 Å². The molecule has 0 aliphatic carbocycles. The van der Waals surface area contributed by atoms with E-state index in [2.05, 4.69) is 158 Å². The summed E-state index contributed by atoms with van der Waals surface area (Å²) in [5, 5.41) is 6.10. The van der Waals surface area contributed by atoms with Crippen LogP contribution in [-0.2, 0) is 0 Å².